The second kappa shape index (κ2) is 25.5. The van der Waals surface area contributed by atoms with Crippen LogP contribution in [0, 0.1) is 11.8 Å². The Labute approximate surface area is 435 Å². The maximum atomic E-state index is 13.1. The number of nitrogens with one attached hydrogen (secondary N) is 3. The van der Waals surface area contributed by atoms with Gasteiger partial charge in [-0.25, -0.2) is 18.2 Å². The number of nitrogens with zero attached hydrogens (tertiary/aromatic N) is 1. The molecule has 0 bridgehead atoms. The molecular weight excluding hydrogens is 990 g/mol. The summed E-state index contributed by atoms with van der Waals surface area (Å²) in [4.78, 5) is 119. The van der Waals surface area contributed by atoms with Crippen LogP contribution in [0.25, 0.3) is 33.4 Å². The van der Waals surface area contributed by atoms with Gasteiger partial charge in [-0.15, -0.1) is 0 Å². The number of hydrogen-bond acceptors (Lipinski definition) is 20. The first-order valence-electron chi connectivity index (χ1n) is 19.6. The van der Waals surface area contributed by atoms with Gasteiger partial charge in [0.05, 0.1) is 18.7 Å². The summed E-state index contributed by atoms with van der Waals surface area (Å²) in [5, 5.41) is 46.8. The fourth-order valence-corrected chi connectivity index (χ4v) is 9.70. The minimum absolute atomic E-state index is 0. The average molecular weight is 1030 g/mol. The molecule has 2 amide bonds. The van der Waals surface area contributed by atoms with Gasteiger partial charge in [0.2, 0.25) is 5.91 Å². The fourth-order valence-electron chi connectivity index (χ4n) is 6.80. The second-order valence-corrected chi connectivity index (χ2v) is 18.9. The van der Waals surface area contributed by atoms with E-state index in [-0.39, 0.29) is 121 Å². The zero-order chi connectivity index (χ0) is 49.7. The number of aliphatic hydroxyl groups excluding tert-OH is 2. The molecular formula is C39H36Li3N4O22P3. The smallest absolute Gasteiger partial charge is 0.756 e. The van der Waals surface area contributed by atoms with E-state index in [1.165, 1.54) is 48.5 Å². The number of carbonyl (C=O) groups excluding carboxylic acids is 2. The zero-order valence-electron chi connectivity index (χ0n) is 37.5. The van der Waals surface area contributed by atoms with E-state index < -0.39 is 83.6 Å². The Balaban J connectivity index is 0.00000444. The van der Waals surface area contributed by atoms with Crippen LogP contribution in [0.15, 0.2) is 79.6 Å². The van der Waals surface area contributed by atoms with Gasteiger partial charge >= 0.3 is 68.2 Å². The number of H-pyrrole nitrogens is 1. The molecule has 3 heterocycles. The van der Waals surface area contributed by atoms with Gasteiger partial charge < -0.3 is 64.3 Å². The standard InChI is InChI=1S/C39H39N4O22P3.3Li/c44-22-8-11-25-28(16-22)62-29-17-23(45)9-12-26(29)32(25)24-10-7-20(15-27(24)38(51)52)35(49)41-13-3-1-2-6-31(46)40-14-4-5-21-18-43(39(53)42-36(21)50)37-34(48)33(47)30(63-37)19-61-67(57,58)65-68(59,60)64-66(54,55)56;;;/h7-12,15-18,30,33-34,37,44,47-48H,1-3,6,13-14,19H2,(H,40,46)(H,41,49)(H,51,52)(H,57,58)(H,59,60)(H,42,50,53)(H2,54,55,56);;;/q;3*+1/p-3/t30-,33-,34-,37-;;;/m1.../s1. The number of phosphoric acid groups is 3. The van der Waals surface area contributed by atoms with Crippen LogP contribution in [0.5, 0.6) is 5.75 Å². The molecule has 3 aliphatic rings. The van der Waals surface area contributed by atoms with Crippen LogP contribution in [-0.2, 0) is 36.4 Å². The van der Waals surface area contributed by atoms with Crippen LogP contribution in [0.2, 0.25) is 0 Å². The van der Waals surface area contributed by atoms with Crippen LogP contribution >= 0.6 is 23.5 Å². The number of carboxylic acids is 1. The van der Waals surface area contributed by atoms with E-state index in [2.05, 4.69) is 35.6 Å². The number of hydrogen-bond donors (Lipinski definition) is 8. The Bertz CT molecular complexity index is 3150. The number of carbonyl (C=O) groups is 3. The van der Waals surface area contributed by atoms with E-state index in [0.29, 0.717) is 40.3 Å². The third kappa shape index (κ3) is 16.1. The van der Waals surface area contributed by atoms with Crippen molar-refractivity contribution in [1.82, 2.24) is 20.2 Å². The number of aromatic hydroxyl groups is 1. The van der Waals surface area contributed by atoms with Crippen LogP contribution in [-0.4, -0.2) is 90.7 Å². The Morgan fingerprint density at radius 2 is 1.56 bits per heavy atom. The summed E-state index contributed by atoms with van der Waals surface area (Å²) in [5.74, 6) is 2.66. The zero-order valence-corrected chi connectivity index (χ0v) is 40.2. The molecule has 362 valence electrons. The molecule has 3 aromatic rings. The van der Waals surface area contributed by atoms with Crippen molar-refractivity contribution in [3.63, 3.8) is 0 Å². The Morgan fingerprint density at radius 3 is 2.25 bits per heavy atom. The number of unbranched alkanes of at least 4 members (excludes halogenated alkanes) is 2. The van der Waals surface area contributed by atoms with Crippen LogP contribution in [0.3, 0.4) is 0 Å². The van der Waals surface area contributed by atoms with E-state index in [9.17, 15) is 77.6 Å². The normalized spacial score (nSPS) is 18.7. The number of aliphatic hydroxyl groups is 2. The number of phenols is 1. The largest absolute Gasteiger partial charge is 1.00 e. The van der Waals surface area contributed by atoms with E-state index in [4.69, 9.17) is 14.0 Å². The molecule has 1 fully saturated rings. The van der Waals surface area contributed by atoms with Crippen molar-refractivity contribution in [2.45, 2.75) is 50.2 Å². The van der Waals surface area contributed by atoms with Crippen molar-refractivity contribution in [2.75, 3.05) is 19.7 Å². The molecule has 1 aliphatic carbocycles. The van der Waals surface area contributed by atoms with Gasteiger partial charge in [-0.05, 0) is 54.8 Å². The molecule has 32 heteroatoms. The third-order valence-electron chi connectivity index (χ3n) is 9.80. The fraction of sp³-hybridized carbons (Fsp3) is 0.282. The van der Waals surface area contributed by atoms with Crippen LogP contribution < -0.4 is 98.6 Å². The predicted octanol–water partition coefficient (Wildman–Crippen LogP) is -9.64. The maximum absolute atomic E-state index is 13.1. The first kappa shape index (κ1) is 61.0. The van der Waals surface area contributed by atoms with E-state index in [1.54, 1.807) is 6.07 Å². The SMILES string of the molecule is O=C(CCCCCNC(=O)c1ccc(-c2c3ccc(=O)cc-3oc3cc(O)ccc23)c(C(=O)O)c1)NCC#Cc1cn([C@@H]2O[C@H](COP(=O)([O-])OP(=O)([O-])OP(=O)([O-])O)[C@@H](O)[C@H]2O)c(=O)[nH]c1=O.[Li+].[Li+].[Li+]. The molecule has 1 aromatic heterocycles. The van der Waals surface area contributed by atoms with E-state index in [1.807, 2.05) is 4.98 Å². The number of aromatic nitrogens is 2. The van der Waals surface area contributed by atoms with Gasteiger partial charge in [-0.3, -0.25) is 42.4 Å². The minimum Gasteiger partial charge on any atom is -0.756 e. The summed E-state index contributed by atoms with van der Waals surface area (Å²) in [6.45, 7) is -1.36. The van der Waals surface area contributed by atoms with Crippen molar-refractivity contribution in [3.05, 3.63) is 109 Å². The van der Waals surface area contributed by atoms with Crippen molar-refractivity contribution in [3.8, 4) is 40.0 Å². The van der Waals surface area contributed by atoms with Crippen molar-refractivity contribution >= 4 is 52.2 Å². The molecule has 0 spiro atoms. The molecule has 7 atom stereocenters. The summed E-state index contributed by atoms with van der Waals surface area (Å²) < 4.78 is 56.5. The maximum Gasteiger partial charge on any atom is 1.00 e. The summed E-state index contributed by atoms with van der Waals surface area (Å²) in [6, 6.07) is 12.5. The van der Waals surface area contributed by atoms with Gasteiger partial charge in [-0.1, -0.05) is 24.3 Å². The number of carboxylic acid groups (broad SMARTS) is 1. The summed E-state index contributed by atoms with van der Waals surface area (Å²) in [5.41, 5.74) is -1.79. The molecule has 71 heavy (non-hydrogen) atoms. The minimum atomic E-state index is -6.24. The number of ether oxygens (including phenoxy) is 1. The molecule has 0 saturated carbocycles. The third-order valence-corrected chi connectivity index (χ3v) is 13.5. The van der Waals surface area contributed by atoms with E-state index in [0.717, 1.165) is 6.20 Å². The van der Waals surface area contributed by atoms with Crippen LogP contribution in [0.4, 0.5) is 0 Å². The molecule has 26 nitrogen and oxygen atoms in total. The van der Waals surface area contributed by atoms with Gasteiger partial charge in [0.1, 0.15) is 41.0 Å². The van der Waals surface area contributed by atoms with Gasteiger partial charge in [0, 0.05) is 53.4 Å². The first-order valence-corrected chi connectivity index (χ1v) is 24.0. The average Bonchev–Trinajstić information content (AvgIpc) is 3.52. The topological polar surface area (TPSA) is 419 Å². The number of aromatic carboxylic acids is 1. The number of rotatable bonds is 18. The first-order chi connectivity index (χ1) is 31.9. The van der Waals surface area contributed by atoms with Crippen LogP contribution in [0.1, 0.15) is 58.2 Å². The molecule has 8 N–H and O–H groups in total. The number of phenolic OH excluding ortho intramolecular Hbond substituents is 1. The second-order valence-electron chi connectivity index (χ2n) is 14.6. The number of phosphoric ester groups is 1. The van der Waals surface area contributed by atoms with Crippen molar-refractivity contribution in [2.24, 2.45) is 0 Å². The number of benzene rings is 3. The molecule has 0 radical (unpaired) electrons. The summed E-state index contributed by atoms with van der Waals surface area (Å²) in [7, 11) is -18.2. The number of aromatic amines is 1. The Morgan fingerprint density at radius 1 is 0.859 bits per heavy atom. The monoisotopic (exact) mass is 1030 g/mol. The molecule has 2 aromatic carbocycles. The quantitative estimate of drug-likeness (QED) is 0.0133. The van der Waals surface area contributed by atoms with E-state index >= 15 is 0 Å². The van der Waals surface area contributed by atoms with Crippen molar-refractivity contribution < 1.29 is 147 Å². The predicted molar refractivity (Wildman–Crippen MR) is 224 cm³/mol. The van der Waals surface area contributed by atoms with Gasteiger partial charge in [-0.2, -0.15) is 0 Å². The number of amides is 2. The van der Waals surface area contributed by atoms with Gasteiger partial charge in [0.25, 0.3) is 34.9 Å². The molecule has 3 unspecified atom stereocenters. The van der Waals surface area contributed by atoms with Crippen molar-refractivity contribution in [1.29, 1.82) is 0 Å². The molecule has 1 saturated heterocycles. The summed E-state index contributed by atoms with van der Waals surface area (Å²) >= 11 is 0. The molecule has 2 aliphatic heterocycles. The number of fused-ring (bicyclic) bond motifs is 2. The summed E-state index contributed by atoms with van der Waals surface area (Å²) in [6.07, 6.45) is -5.44. The Hall–Kier alpha value is -4.34. The Kier molecular flexibility index (Phi) is 21.9. The van der Waals surface area contributed by atoms with Gasteiger partial charge in [0.15, 0.2) is 11.7 Å². The molecule has 6 rings (SSSR count).